The predicted octanol–water partition coefficient (Wildman–Crippen LogP) is 2.95. The molecule has 82 valence electrons. The molecule has 0 amide bonds. The van der Waals surface area contributed by atoms with Gasteiger partial charge in [-0.15, -0.1) is 0 Å². The van der Waals surface area contributed by atoms with Gasteiger partial charge in [-0.05, 0) is 36.8 Å². The lowest BCUT2D eigenvalue weighted by Crippen LogP contribution is -2.09. The minimum absolute atomic E-state index is 0.442. The minimum atomic E-state index is 0.442. The molecule has 0 aromatic heterocycles. The molecule has 1 aliphatic rings. The van der Waals surface area contributed by atoms with Gasteiger partial charge in [0.15, 0.2) is 0 Å². The normalized spacial score (nSPS) is 20.5. The molecule has 2 N–H and O–H groups in total. The van der Waals surface area contributed by atoms with Crippen LogP contribution in [0.4, 0.5) is 5.69 Å². The molecule has 1 aromatic rings. The summed E-state index contributed by atoms with van der Waals surface area (Å²) >= 11 is 0. The molecule has 2 rings (SSSR count). The van der Waals surface area contributed by atoms with Crippen molar-refractivity contribution in [1.82, 2.24) is 0 Å². The highest BCUT2D eigenvalue weighted by molar-refractivity contribution is 5.62. The largest absolute Gasteiger partial charge is 0.508 e. The average molecular weight is 205 g/mol. The Morgan fingerprint density at radius 3 is 2.93 bits per heavy atom. The van der Waals surface area contributed by atoms with Crippen molar-refractivity contribution in [3.63, 3.8) is 0 Å². The van der Waals surface area contributed by atoms with Crippen LogP contribution in [0.1, 0.15) is 30.9 Å². The van der Waals surface area contributed by atoms with Crippen molar-refractivity contribution in [2.75, 3.05) is 12.4 Å². The number of phenols is 1. The van der Waals surface area contributed by atoms with Gasteiger partial charge in [-0.1, -0.05) is 19.4 Å². The fraction of sp³-hybridized carbons (Fsp3) is 0.538. The van der Waals surface area contributed by atoms with E-state index in [0.717, 1.165) is 30.0 Å². The summed E-state index contributed by atoms with van der Waals surface area (Å²) in [5.41, 5.74) is 3.60. The summed E-state index contributed by atoms with van der Waals surface area (Å²) in [6.45, 7) is 2.30. The maximum atomic E-state index is 9.82. The maximum Gasteiger partial charge on any atom is 0.120 e. The van der Waals surface area contributed by atoms with Crippen LogP contribution in [-0.2, 0) is 12.8 Å². The molecule has 0 radical (unpaired) electrons. The van der Waals surface area contributed by atoms with Gasteiger partial charge in [0.05, 0.1) is 0 Å². The third-order valence-corrected chi connectivity index (χ3v) is 3.32. The van der Waals surface area contributed by atoms with Gasteiger partial charge in [-0.25, -0.2) is 0 Å². The third kappa shape index (κ3) is 1.94. The highest BCUT2D eigenvalue weighted by Crippen LogP contribution is 2.34. The van der Waals surface area contributed by atoms with E-state index in [0.29, 0.717) is 5.75 Å². The standard InChI is InChI=1S/C13H19NO/c1-9-4-3-5-11-12(15)7-6-10(8-9)13(11)14-2/h6-7,9,14-15H,3-5,8H2,1-2H3. The summed E-state index contributed by atoms with van der Waals surface area (Å²) in [5.74, 6) is 1.19. The molecule has 1 unspecified atom stereocenters. The molecule has 1 atom stereocenters. The molecule has 0 spiro atoms. The second kappa shape index (κ2) is 4.13. The van der Waals surface area contributed by atoms with Gasteiger partial charge < -0.3 is 10.4 Å². The van der Waals surface area contributed by atoms with E-state index in [1.54, 1.807) is 0 Å². The first-order valence-electron chi connectivity index (χ1n) is 5.74. The first kappa shape index (κ1) is 10.3. The number of hydrogen-bond acceptors (Lipinski definition) is 2. The topological polar surface area (TPSA) is 32.3 Å². The fourth-order valence-corrected chi connectivity index (χ4v) is 2.52. The van der Waals surface area contributed by atoms with Crippen molar-refractivity contribution >= 4 is 5.69 Å². The quantitative estimate of drug-likeness (QED) is 0.738. The molecular weight excluding hydrogens is 186 g/mol. The Kier molecular flexibility index (Phi) is 2.85. The van der Waals surface area contributed by atoms with E-state index in [2.05, 4.69) is 12.2 Å². The Bertz CT molecular complexity index is 360. The van der Waals surface area contributed by atoms with Gasteiger partial charge in [0.1, 0.15) is 5.75 Å². The highest BCUT2D eigenvalue weighted by atomic mass is 16.3. The monoisotopic (exact) mass is 205 g/mol. The number of nitrogens with one attached hydrogen (secondary N) is 1. The molecule has 1 aliphatic carbocycles. The van der Waals surface area contributed by atoms with E-state index < -0.39 is 0 Å². The zero-order valence-electron chi connectivity index (χ0n) is 9.51. The van der Waals surface area contributed by atoms with Crippen LogP contribution in [-0.4, -0.2) is 12.2 Å². The number of rotatable bonds is 1. The number of benzene rings is 1. The second-order valence-corrected chi connectivity index (χ2v) is 4.55. The molecular formula is C13H19NO. The van der Waals surface area contributed by atoms with Gasteiger partial charge >= 0.3 is 0 Å². The number of phenolic OH excluding ortho intramolecular Hbond substituents is 1. The first-order valence-corrected chi connectivity index (χ1v) is 5.74. The zero-order valence-corrected chi connectivity index (χ0v) is 9.51. The summed E-state index contributed by atoms with van der Waals surface area (Å²) in [6.07, 6.45) is 4.53. The molecule has 0 aliphatic heterocycles. The van der Waals surface area contributed by atoms with Gasteiger partial charge in [0.25, 0.3) is 0 Å². The van der Waals surface area contributed by atoms with E-state index in [1.165, 1.54) is 18.4 Å². The SMILES string of the molecule is CNc1c2ccc(O)c1CCCC(C)C2. The van der Waals surface area contributed by atoms with Crippen molar-refractivity contribution < 1.29 is 5.11 Å². The van der Waals surface area contributed by atoms with Crippen LogP contribution >= 0.6 is 0 Å². The van der Waals surface area contributed by atoms with Crippen molar-refractivity contribution in [3.05, 3.63) is 23.3 Å². The number of anilines is 1. The van der Waals surface area contributed by atoms with Crippen molar-refractivity contribution in [2.24, 2.45) is 5.92 Å². The Labute approximate surface area is 91.3 Å². The van der Waals surface area contributed by atoms with Gasteiger partial charge in [0, 0.05) is 18.3 Å². The molecule has 0 saturated carbocycles. The van der Waals surface area contributed by atoms with Crippen molar-refractivity contribution in [1.29, 1.82) is 0 Å². The van der Waals surface area contributed by atoms with Crippen LogP contribution in [0.3, 0.4) is 0 Å². The van der Waals surface area contributed by atoms with Crippen LogP contribution in [0.2, 0.25) is 0 Å². The second-order valence-electron chi connectivity index (χ2n) is 4.55. The lowest BCUT2D eigenvalue weighted by molar-refractivity contribution is 0.455. The van der Waals surface area contributed by atoms with Crippen molar-refractivity contribution in [2.45, 2.75) is 32.6 Å². The summed E-state index contributed by atoms with van der Waals surface area (Å²) in [7, 11) is 1.94. The van der Waals surface area contributed by atoms with E-state index >= 15 is 0 Å². The molecule has 15 heavy (non-hydrogen) atoms. The first-order chi connectivity index (χ1) is 7.22. The van der Waals surface area contributed by atoms with E-state index in [1.807, 2.05) is 19.2 Å². The van der Waals surface area contributed by atoms with E-state index in [4.69, 9.17) is 0 Å². The lowest BCUT2D eigenvalue weighted by atomic mass is 9.88. The van der Waals surface area contributed by atoms with Crippen LogP contribution < -0.4 is 5.32 Å². The number of fused-ring (bicyclic) bond motifs is 2. The Hall–Kier alpha value is -1.18. The minimum Gasteiger partial charge on any atom is -0.508 e. The van der Waals surface area contributed by atoms with Crippen LogP contribution in [0, 0.1) is 5.92 Å². The molecule has 1 aromatic carbocycles. The number of hydrogen-bond donors (Lipinski definition) is 2. The maximum absolute atomic E-state index is 9.82. The average Bonchev–Trinajstić information content (AvgIpc) is 2.20. The molecule has 2 heteroatoms. The summed E-state index contributed by atoms with van der Waals surface area (Å²) in [6, 6.07) is 3.88. The van der Waals surface area contributed by atoms with Crippen molar-refractivity contribution in [3.8, 4) is 5.75 Å². The molecule has 0 saturated heterocycles. The third-order valence-electron chi connectivity index (χ3n) is 3.32. The van der Waals surface area contributed by atoms with Gasteiger partial charge in [-0.3, -0.25) is 0 Å². The molecule has 2 bridgehead atoms. The van der Waals surface area contributed by atoms with Gasteiger partial charge in [0.2, 0.25) is 0 Å². The highest BCUT2D eigenvalue weighted by Gasteiger charge is 2.17. The van der Waals surface area contributed by atoms with Crippen LogP contribution in [0.5, 0.6) is 5.75 Å². The lowest BCUT2D eigenvalue weighted by Gasteiger charge is -2.22. The fourth-order valence-electron chi connectivity index (χ4n) is 2.52. The Morgan fingerprint density at radius 1 is 1.40 bits per heavy atom. The summed E-state index contributed by atoms with van der Waals surface area (Å²) < 4.78 is 0. The Balaban J connectivity index is 2.49. The van der Waals surface area contributed by atoms with Gasteiger partial charge in [-0.2, -0.15) is 0 Å². The smallest absolute Gasteiger partial charge is 0.120 e. The number of aromatic hydroxyl groups is 1. The zero-order chi connectivity index (χ0) is 10.8. The molecule has 0 fully saturated rings. The van der Waals surface area contributed by atoms with E-state index in [-0.39, 0.29) is 0 Å². The Morgan fingerprint density at radius 2 is 2.20 bits per heavy atom. The van der Waals surface area contributed by atoms with Crippen LogP contribution in [0.15, 0.2) is 12.1 Å². The predicted molar refractivity (Wildman–Crippen MR) is 63.5 cm³/mol. The molecule has 0 heterocycles. The summed E-state index contributed by atoms with van der Waals surface area (Å²) in [5, 5.41) is 13.1. The summed E-state index contributed by atoms with van der Waals surface area (Å²) in [4.78, 5) is 0. The van der Waals surface area contributed by atoms with Crippen LogP contribution in [0.25, 0.3) is 0 Å². The molecule has 2 nitrogen and oxygen atoms in total. The van der Waals surface area contributed by atoms with E-state index in [9.17, 15) is 5.11 Å².